The lowest BCUT2D eigenvalue weighted by atomic mass is 9.84. The van der Waals surface area contributed by atoms with Gasteiger partial charge in [-0.2, -0.15) is 0 Å². The predicted molar refractivity (Wildman–Crippen MR) is 77.9 cm³/mol. The fraction of sp³-hybridized carbons (Fsp3) is 0.562. The van der Waals surface area contributed by atoms with Crippen molar-refractivity contribution >= 4 is 17.7 Å². The van der Waals surface area contributed by atoms with Crippen LogP contribution in [0, 0.1) is 5.92 Å². The molecule has 0 bridgehead atoms. The summed E-state index contributed by atoms with van der Waals surface area (Å²) in [5, 5.41) is 29.5. The van der Waals surface area contributed by atoms with E-state index < -0.39 is 35.8 Å². The Morgan fingerprint density at radius 1 is 1.22 bits per heavy atom. The van der Waals surface area contributed by atoms with Crippen molar-refractivity contribution < 1.29 is 34.4 Å². The van der Waals surface area contributed by atoms with Crippen molar-refractivity contribution in [3.8, 4) is 0 Å². The molecule has 0 aromatic rings. The van der Waals surface area contributed by atoms with E-state index in [2.05, 4.69) is 4.74 Å². The molecule has 0 radical (unpaired) electrons. The van der Waals surface area contributed by atoms with Crippen LogP contribution in [0.25, 0.3) is 0 Å². The van der Waals surface area contributed by atoms with Crippen LogP contribution in [0.3, 0.4) is 0 Å². The van der Waals surface area contributed by atoms with Gasteiger partial charge in [-0.05, 0) is 12.0 Å². The van der Waals surface area contributed by atoms with Gasteiger partial charge in [0.15, 0.2) is 5.78 Å². The second-order valence-electron chi connectivity index (χ2n) is 5.73. The first-order valence-electron chi connectivity index (χ1n) is 7.58. The minimum absolute atomic E-state index is 0.00985. The van der Waals surface area contributed by atoms with Gasteiger partial charge < -0.3 is 20.1 Å². The Labute approximate surface area is 133 Å². The molecule has 7 heteroatoms. The molecule has 0 aromatic heterocycles. The lowest BCUT2D eigenvalue weighted by Gasteiger charge is -2.21. The van der Waals surface area contributed by atoms with E-state index in [1.54, 1.807) is 0 Å². The summed E-state index contributed by atoms with van der Waals surface area (Å²) >= 11 is 0. The van der Waals surface area contributed by atoms with Crippen LogP contribution >= 0.6 is 0 Å². The van der Waals surface area contributed by atoms with Crippen LogP contribution in [0.5, 0.6) is 0 Å². The van der Waals surface area contributed by atoms with E-state index in [0.717, 1.165) is 0 Å². The number of hydrogen-bond acceptors (Lipinski definition) is 7. The zero-order valence-electron chi connectivity index (χ0n) is 12.8. The topological polar surface area (TPSA) is 121 Å². The van der Waals surface area contributed by atoms with Gasteiger partial charge in [-0.15, -0.1) is 0 Å². The van der Waals surface area contributed by atoms with Crippen molar-refractivity contribution in [3.63, 3.8) is 0 Å². The zero-order chi connectivity index (χ0) is 17.1. The number of carbonyl (C=O) groups is 3. The maximum atomic E-state index is 12.2. The molecule has 2 aliphatic rings. The van der Waals surface area contributed by atoms with Crippen molar-refractivity contribution in [2.24, 2.45) is 5.92 Å². The number of aliphatic hydroxyl groups excluding tert-OH is 3. The fourth-order valence-corrected chi connectivity index (χ4v) is 3.06. The first-order chi connectivity index (χ1) is 10.9. The molecule has 0 amide bonds. The molecule has 23 heavy (non-hydrogen) atoms. The number of cyclic esters (lactones) is 2. The largest absolute Gasteiger partial charge is 0.392 e. The Kier molecular flexibility index (Phi) is 5.46. The molecular formula is C16H20O7. The van der Waals surface area contributed by atoms with Gasteiger partial charge in [0.2, 0.25) is 0 Å². The highest BCUT2D eigenvalue weighted by atomic mass is 16.6. The summed E-state index contributed by atoms with van der Waals surface area (Å²) in [5.74, 6) is -3.12. The van der Waals surface area contributed by atoms with E-state index in [0.29, 0.717) is 12.8 Å². The number of carbonyl (C=O) groups excluding carboxylic acids is 3. The smallest absolute Gasteiger partial charge is 0.342 e. The zero-order valence-corrected chi connectivity index (χ0v) is 12.8. The Hall–Kier alpha value is -1.83. The van der Waals surface area contributed by atoms with E-state index in [1.165, 1.54) is 6.08 Å². The molecule has 0 saturated carbocycles. The second kappa shape index (κ2) is 7.16. The van der Waals surface area contributed by atoms with Gasteiger partial charge in [0.05, 0.1) is 23.9 Å². The van der Waals surface area contributed by atoms with E-state index in [4.69, 9.17) is 5.11 Å². The number of esters is 2. The highest BCUT2D eigenvalue weighted by Gasteiger charge is 2.43. The number of hydrogen-bond donors (Lipinski definition) is 3. The first kappa shape index (κ1) is 17.5. The molecule has 0 spiro atoms. The van der Waals surface area contributed by atoms with Crippen LogP contribution in [0.2, 0.25) is 0 Å². The molecule has 3 atom stereocenters. The normalized spacial score (nSPS) is 30.9. The van der Waals surface area contributed by atoms with Crippen LogP contribution in [0.1, 0.15) is 32.6 Å². The molecule has 7 nitrogen and oxygen atoms in total. The third-order valence-electron chi connectivity index (χ3n) is 4.22. The number of ketones is 1. The van der Waals surface area contributed by atoms with Crippen molar-refractivity contribution in [3.05, 3.63) is 22.8 Å². The molecule has 0 aromatic carbocycles. The molecule has 126 valence electrons. The lowest BCUT2D eigenvalue weighted by Crippen LogP contribution is -2.34. The van der Waals surface area contributed by atoms with E-state index in [9.17, 15) is 24.6 Å². The first-order valence-corrected chi connectivity index (χ1v) is 7.58. The molecule has 1 aliphatic carbocycles. The molecule has 2 rings (SSSR count). The summed E-state index contributed by atoms with van der Waals surface area (Å²) in [6, 6.07) is 0. The van der Waals surface area contributed by atoms with Gasteiger partial charge >= 0.3 is 11.9 Å². The Morgan fingerprint density at radius 3 is 2.52 bits per heavy atom. The van der Waals surface area contributed by atoms with Crippen LogP contribution in [0.15, 0.2) is 22.8 Å². The fourth-order valence-electron chi connectivity index (χ4n) is 3.06. The third kappa shape index (κ3) is 3.41. The van der Waals surface area contributed by atoms with Crippen LogP contribution in [-0.2, 0) is 19.1 Å². The molecule has 0 unspecified atom stereocenters. The number of Topliss-reactive ketones (excluding diaryl/α,β-unsaturated/α-hetero) is 1. The predicted octanol–water partition coefficient (Wildman–Crippen LogP) is -0.214. The monoisotopic (exact) mass is 324 g/mol. The molecule has 1 heterocycles. The average Bonchev–Trinajstić information content (AvgIpc) is 2.78. The van der Waals surface area contributed by atoms with Gasteiger partial charge in [0.1, 0.15) is 6.10 Å². The SMILES string of the molecule is CCC[C@H]1C2=C(C/C(=C/CO)[C@H](O)CC(=O)[C@H]1O)C(=O)OC2=O. The van der Waals surface area contributed by atoms with Gasteiger partial charge in [-0.25, -0.2) is 9.59 Å². The summed E-state index contributed by atoms with van der Waals surface area (Å²) in [6.45, 7) is 1.45. The molecule has 0 saturated heterocycles. The quantitative estimate of drug-likeness (QED) is 0.373. The number of rotatable bonds is 3. The van der Waals surface area contributed by atoms with Crippen molar-refractivity contribution in [2.75, 3.05) is 6.61 Å². The summed E-state index contributed by atoms with van der Waals surface area (Å²) in [4.78, 5) is 36.2. The summed E-state index contributed by atoms with van der Waals surface area (Å²) < 4.78 is 4.64. The van der Waals surface area contributed by atoms with Gasteiger partial charge in [0.25, 0.3) is 0 Å². The Bertz CT molecular complexity index is 587. The standard InChI is InChI=1S/C16H20O7/c1-2-3-9-13-10(15(21)23-16(13)22)6-8(4-5-17)11(18)7-12(19)14(9)20/h4,9,11,14,17-18,20H,2-3,5-7H2,1H3/b8-4-/t9-,11+,14-/m0/s1. The van der Waals surface area contributed by atoms with E-state index in [1.807, 2.05) is 6.92 Å². The summed E-state index contributed by atoms with van der Waals surface area (Å²) in [5.41, 5.74) is 0.306. The lowest BCUT2D eigenvalue weighted by molar-refractivity contribution is -0.151. The van der Waals surface area contributed by atoms with E-state index >= 15 is 0 Å². The van der Waals surface area contributed by atoms with Gasteiger partial charge in [-0.1, -0.05) is 19.4 Å². The van der Waals surface area contributed by atoms with Gasteiger partial charge in [0, 0.05) is 18.8 Å². The minimum atomic E-state index is -1.48. The number of ether oxygens (including phenoxy) is 1. The summed E-state index contributed by atoms with van der Waals surface area (Å²) in [6.07, 6.45) is -0.925. The molecule has 1 aliphatic heterocycles. The van der Waals surface area contributed by atoms with Gasteiger partial charge in [-0.3, -0.25) is 4.79 Å². The second-order valence-corrected chi connectivity index (χ2v) is 5.73. The van der Waals surface area contributed by atoms with Crippen molar-refractivity contribution in [1.29, 1.82) is 0 Å². The average molecular weight is 324 g/mol. The molecule has 3 N–H and O–H groups in total. The molecular weight excluding hydrogens is 304 g/mol. The van der Waals surface area contributed by atoms with E-state index in [-0.39, 0.29) is 36.2 Å². The number of aliphatic hydroxyl groups is 3. The highest BCUT2D eigenvalue weighted by molar-refractivity contribution is 6.13. The van der Waals surface area contributed by atoms with Crippen LogP contribution in [-0.4, -0.2) is 51.9 Å². The van der Waals surface area contributed by atoms with Crippen LogP contribution in [0.4, 0.5) is 0 Å². The van der Waals surface area contributed by atoms with Crippen molar-refractivity contribution in [2.45, 2.75) is 44.8 Å². The van der Waals surface area contributed by atoms with Crippen LogP contribution < -0.4 is 0 Å². The minimum Gasteiger partial charge on any atom is -0.392 e. The third-order valence-corrected chi connectivity index (χ3v) is 4.22. The highest BCUT2D eigenvalue weighted by Crippen LogP contribution is 2.36. The molecule has 0 fully saturated rings. The Balaban J connectivity index is 2.57. The van der Waals surface area contributed by atoms with Crippen molar-refractivity contribution in [1.82, 2.24) is 0 Å². The maximum Gasteiger partial charge on any atom is 0.342 e. The summed E-state index contributed by atoms with van der Waals surface area (Å²) in [7, 11) is 0. The Morgan fingerprint density at radius 2 is 1.91 bits per heavy atom. The maximum absolute atomic E-state index is 12.2.